The van der Waals surface area contributed by atoms with Gasteiger partial charge in [-0.1, -0.05) is 6.92 Å². The van der Waals surface area contributed by atoms with Crippen LogP contribution in [-0.4, -0.2) is 35.4 Å². The van der Waals surface area contributed by atoms with Crippen molar-refractivity contribution in [2.24, 2.45) is 11.7 Å². The van der Waals surface area contributed by atoms with Gasteiger partial charge in [0.15, 0.2) is 0 Å². The number of alkyl halides is 3. The zero-order valence-corrected chi connectivity index (χ0v) is 8.84. The van der Waals surface area contributed by atoms with Crippen molar-refractivity contribution in [1.82, 2.24) is 5.32 Å². The molecule has 1 fully saturated rings. The maximum absolute atomic E-state index is 12.7. The molecule has 0 aromatic heterocycles. The number of hydrogen-bond acceptors (Lipinski definition) is 3. The van der Waals surface area contributed by atoms with E-state index in [1.54, 1.807) is 6.92 Å². The van der Waals surface area contributed by atoms with Gasteiger partial charge in [0.2, 0.25) is 5.54 Å². The lowest BCUT2D eigenvalue weighted by Crippen LogP contribution is -2.71. The molecule has 0 radical (unpaired) electrons. The van der Waals surface area contributed by atoms with E-state index < -0.39 is 23.7 Å². The Kier molecular flexibility index (Phi) is 3.49. The van der Waals surface area contributed by atoms with E-state index in [0.717, 1.165) is 6.42 Å². The normalized spacial score (nSPS) is 30.8. The van der Waals surface area contributed by atoms with Crippen molar-refractivity contribution in [2.45, 2.75) is 37.5 Å². The third-order valence-corrected chi connectivity index (χ3v) is 3.04. The summed E-state index contributed by atoms with van der Waals surface area (Å²) in [6, 6.07) is -1.27. The number of carboxylic acids is 1. The molecule has 3 unspecified atom stereocenters. The molecule has 1 aliphatic rings. The van der Waals surface area contributed by atoms with Crippen LogP contribution in [0.15, 0.2) is 0 Å². The quantitative estimate of drug-likeness (QED) is 0.664. The van der Waals surface area contributed by atoms with Crippen LogP contribution in [0, 0.1) is 5.92 Å². The molecule has 16 heavy (non-hydrogen) atoms. The standard InChI is InChI=1S/C9H15F3N2O2/c1-5-2-3-14-6(4-5)8(13,7(15)16)9(10,11)12/h5-6,14H,2-4,13H2,1H3,(H,15,16). The van der Waals surface area contributed by atoms with E-state index in [1.165, 1.54) is 0 Å². The lowest BCUT2D eigenvalue weighted by atomic mass is 9.81. The summed E-state index contributed by atoms with van der Waals surface area (Å²) in [7, 11) is 0. The summed E-state index contributed by atoms with van der Waals surface area (Å²) in [5.41, 5.74) is 1.86. The molecule has 4 N–H and O–H groups in total. The highest BCUT2D eigenvalue weighted by atomic mass is 19.4. The van der Waals surface area contributed by atoms with E-state index in [1.807, 2.05) is 0 Å². The highest BCUT2D eigenvalue weighted by Gasteiger charge is 2.63. The third-order valence-electron chi connectivity index (χ3n) is 3.04. The van der Waals surface area contributed by atoms with Gasteiger partial charge in [-0.2, -0.15) is 13.2 Å². The number of halogens is 3. The van der Waals surface area contributed by atoms with Crippen LogP contribution < -0.4 is 11.1 Å². The first-order valence-electron chi connectivity index (χ1n) is 5.02. The number of rotatable bonds is 2. The maximum Gasteiger partial charge on any atom is 0.418 e. The second kappa shape index (κ2) is 4.21. The van der Waals surface area contributed by atoms with Crippen LogP contribution in [0.2, 0.25) is 0 Å². The van der Waals surface area contributed by atoms with E-state index in [0.29, 0.717) is 6.54 Å². The minimum atomic E-state index is -4.96. The Morgan fingerprint density at radius 2 is 2.06 bits per heavy atom. The van der Waals surface area contributed by atoms with E-state index in [4.69, 9.17) is 10.8 Å². The van der Waals surface area contributed by atoms with Gasteiger partial charge >= 0.3 is 12.1 Å². The van der Waals surface area contributed by atoms with E-state index in [-0.39, 0.29) is 12.3 Å². The largest absolute Gasteiger partial charge is 0.480 e. The SMILES string of the molecule is CC1CCNC(C(N)(C(=O)O)C(F)(F)F)C1. The van der Waals surface area contributed by atoms with Gasteiger partial charge in [-0.05, 0) is 25.3 Å². The fourth-order valence-corrected chi connectivity index (χ4v) is 1.92. The van der Waals surface area contributed by atoms with Gasteiger partial charge in [0.1, 0.15) is 0 Å². The van der Waals surface area contributed by atoms with Crippen LogP contribution in [0.3, 0.4) is 0 Å². The van der Waals surface area contributed by atoms with Gasteiger partial charge < -0.3 is 16.2 Å². The molecule has 0 aliphatic carbocycles. The molecule has 1 heterocycles. The first-order chi connectivity index (χ1) is 7.19. The first-order valence-corrected chi connectivity index (χ1v) is 5.02. The van der Waals surface area contributed by atoms with Crippen molar-refractivity contribution in [3.8, 4) is 0 Å². The zero-order chi connectivity index (χ0) is 12.6. The molecule has 0 saturated carbocycles. The minimum Gasteiger partial charge on any atom is -0.480 e. The van der Waals surface area contributed by atoms with Crippen molar-refractivity contribution in [2.75, 3.05) is 6.54 Å². The molecule has 0 aromatic rings. The predicted octanol–water partition coefficient (Wildman–Crippen LogP) is 0.719. The molecule has 0 aromatic carbocycles. The number of nitrogens with two attached hydrogens (primary N) is 1. The second-order valence-corrected chi connectivity index (χ2v) is 4.31. The highest BCUT2D eigenvalue weighted by molar-refractivity contribution is 5.81. The third kappa shape index (κ3) is 2.15. The Balaban J connectivity index is 2.98. The molecule has 4 nitrogen and oxygen atoms in total. The first kappa shape index (κ1) is 13.2. The van der Waals surface area contributed by atoms with Crippen molar-refractivity contribution in [3.05, 3.63) is 0 Å². The highest BCUT2D eigenvalue weighted by Crippen LogP contribution is 2.35. The van der Waals surface area contributed by atoms with Crippen LogP contribution in [0.4, 0.5) is 13.2 Å². The molecular weight excluding hydrogens is 225 g/mol. The molecule has 94 valence electrons. The van der Waals surface area contributed by atoms with Crippen molar-refractivity contribution < 1.29 is 23.1 Å². The maximum atomic E-state index is 12.7. The van der Waals surface area contributed by atoms with Crippen molar-refractivity contribution in [1.29, 1.82) is 0 Å². The van der Waals surface area contributed by atoms with Gasteiger partial charge in [0.25, 0.3) is 0 Å². The van der Waals surface area contributed by atoms with Crippen LogP contribution in [0.25, 0.3) is 0 Å². The topological polar surface area (TPSA) is 75.3 Å². The number of carbonyl (C=O) groups is 1. The smallest absolute Gasteiger partial charge is 0.418 e. The number of carboxylic acid groups (broad SMARTS) is 1. The molecule has 1 saturated heterocycles. The van der Waals surface area contributed by atoms with E-state index >= 15 is 0 Å². The Labute approximate surface area is 91.0 Å². The summed E-state index contributed by atoms with van der Waals surface area (Å²) in [6.07, 6.45) is -4.13. The average molecular weight is 240 g/mol. The average Bonchev–Trinajstić information content (AvgIpc) is 2.14. The summed E-state index contributed by atoms with van der Waals surface area (Å²) in [5.74, 6) is -2.00. The van der Waals surface area contributed by atoms with Gasteiger partial charge in [0, 0.05) is 6.04 Å². The summed E-state index contributed by atoms with van der Waals surface area (Å²) < 4.78 is 38.2. The van der Waals surface area contributed by atoms with Gasteiger partial charge in [-0.3, -0.25) is 0 Å². The van der Waals surface area contributed by atoms with Gasteiger partial charge in [-0.15, -0.1) is 0 Å². The molecule has 7 heteroatoms. The molecule has 1 rings (SSSR count). The lowest BCUT2D eigenvalue weighted by Gasteiger charge is -2.39. The molecule has 1 aliphatic heterocycles. The second-order valence-electron chi connectivity index (χ2n) is 4.31. The molecule has 0 amide bonds. The predicted molar refractivity (Wildman–Crippen MR) is 50.8 cm³/mol. The number of nitrogens with one attached hydrogen (secondary N) is 1. The number of piperidine rings is 1. The number of hydrogen-bond donors (Lipinski definition) is 3. The van der Waals surface area contributed by atoms with Gasteiger partial charge in [0.05, 0.1) is 0 Å². The molecule has 3 atom stereocenters. The summed E-state index contributed by atoms with van der Waals surface area (Å²) in [6.45, 7) is 2.14. The minimum absolute atomic E-state index is 0.0378. The lowest BCUT2D eigenvalue weighted by molar-refractivity contribution is -0.209. The summed E-state index contributed by atoms with van der Waals surface area (Å²) in [5, 5.41) is 11.3. The fraction of sp³-hybridized carbons (Fsp3) is 0.889. The Hall–Kier alpha value is -0.820. The van der Waals surface area contributed by atoms with Gasteiger partial charge in [-0.25, -0.2) is 4.79 Å². The van der Waals surface area contributed by atoms with Crippen molar-refractivity contribution in [3.63, 3.8) is 0 Å². The zero-order valence-electron chi connectivity index (χ0n) is 8.84. The van der Waals surface area contributed by atoms with E-state index in [2.05, 4.69) is 5.32 Å². The van der Waals surface area contributed by atoms with Crippen LogP contribution in [0.1, 0.15) is 19.8 Å². The monoisotopic (exact) mass is 240 g/mol. The molecular formula is C9H15F3N2O2. The van der Waals surface area contributed by atoms with Crippen LogP contribution in [-0.2, 0) is 4.79 Å². The molecule has 0 spiro atoms. The molecule has 0 bridgehead atoms. The Morgan fingerprint density at radius 1 is 1.50 bits per heavy atom. The Bertz CT molecular complexity index is 282. The van der Waals surface area contributed by atoms with E-state index in [9.17, 15) is 18.0 Å². The van der Waals surface area contributed by atoms with Crippen LogP contribution in [0.5, 0.6) is 0 Å². The summed E-state index contributed by atoms with van der Waals surface area (Å²) in [4.78, 5) is 10.8. The van der Waals surface area contributed by atoms with Crippen molar-refractivity contribution >= 4 is 5.97 Å². The Morgan fingerprint density at radius 3 is 2.44 bits per heavy atom. The fourth-order valence-electron chi connectivity index (χ4n) is 1.92. The number of aliphatic carboxylic acids is 1. The summed E-state index contributed by atoms with van der Waals surface area (Å²) >= 11 is 0. The van der Waals surface area contributed by atoms with Crippen LogP contribution >= 0.6 is 0 Å².